The average molecular weight is 327 g/mol. The van der Waals surface area contributed by atoms with E-state index in [2.05, 4.69) is 21.2 Å². The first kappa shape index (κ1) is 14.3. The van der Waals surface area contributed by atoms with Crippen molar-refractivity contribution >= 4 is 21.8 Å². The second-order valence-corrected chi connectivity index (χ2v) is 5.78. The molecular weight excluding hydrogens is 308 g/mol. The lowest BCUT2D eigenvalue weighted by Crippen LogP contribution is -2.26. The summed E-state index contributed by atoms with van der Waals surface area (Å²) in [6, 6.07) is 6.37. The summed E-state index contributed by atoms with van der Waals surface area (Å²) in [7, 11) is 0. The zero-order chi connectivity index (χ0) is 13.7. The Balaban J connectivity index is 1.99. The SMILES string of the molecule is NC(=O)COc1ccc(Br)cc1CNC1CCCC1. The van der Waals surface area contributed by atoms with Crippen molar-refractivity contribution in [2.24, 2.45) is 5.73 Å². The van der Waals surface area contributed by atoms with E-state index in [1.807, 2.05) is 18.2 Å². The van der Waals surface area contributed by atoms with E-state index in [9.17, 15) is 4.79 Å². The summed E-state index contributed by atoms with van der Waals surface area (Å²) in [5, 5.41) is 3.54. The van der Waals surface area contributed by atoms with Crippen LogP contribution in [0.15, 0.2) is 22.7 Å². The van der Waals surface area contributed by atoms with E-state index in [1.165, 1.54) is 25.7 Å². The highest BCUT2D eigenvalue weighted by molar-refractivity contribution is 9.10. The van der Waals surface area contributed by atoms with E-state index in [0.29, 0.717) is 11.8 Å². The monoisotopic (exact) mass is 326 g/mol. The van der Waals surface area contributed by atoms with Gasteiger partial charge >= 0.3 is 0 Å². The maximum absolute atomic E-state index is 10.8. The highest BCUT2D eigenvalue weighted by atomic mass is 79.9. The second-order valence-electron chi connectivity index (χ2n) is 4.87. The van der Waals surface area contributed by atoms with Crippen molar-refractivity contribution in [1.82, 2.24) is 5.32 Å². The Labute approximate surface area is 121 Å². The first-order chi connectivity index (χ1) is 9.15. The molecule has 1 aromatic rings. The van der Waals surface area contributed by atoms with Gasteiger partial charge in [-0.15, -0.1) is 0 Å². The van der Waals surface area contributed by atoms with E-state index in [-0.39, 0.29) is 6.61 Å². The van der Waals surface area contributed by atoms with Crippen molar-refractivity contribution in [2.75, 3.05) is 6.61 Å². The van der Waals surface area contributed by atoms with Crippen molar-refractivity contribution in [2.45, 2.75) is 38.3 Å². The van der Waals surface area contributed by atoms with Crippen LogP contribution in [-0.4, -0.2) is 18.6 Å². The lowest BCUT2D eigenvalue weighted by molar-refractivity contribution is -0.119. The number of benzene rings is 1. The van der Waals surface area contributed by atoms with Crippen molar-refractivity contribution in [3.05, 3.63) is 28.2 Å². The zero-order valence-corrected chi connectivity index (χ0v) is 12.4. The fourth-order valence-electron chi connectivity index (χ4n) is 2.36. The molecule has 0 radical (unpaired) electrons. The van der Waals surface area contributed by atoms with Gasteiger partial charge in [0.2, 0.25) is 0 Å². The van der Waals surface area contributed by atoms with Crippen LogP contribution in [0.3, 0.4) is 0 Å². The molecule has 0 spiro atoms. The van der Waals surface area contributed by atoms with Gasteiger partial charge in [0, 0.05) is 22.6 Å². The number of ether oxygens (including phenoxy) is 1. The maximum atomic E-state index is 10.8. The zero-order valence-electron chi connectivity index (χ0n) is 10.8. The lowest BCUT2D eigenvalue weighted by Gasteiger charge is -2.15. The van der Waals surface area contributed by atoms with E-state index in [1.54, 1.807) is 0 Å². The topological polar surface area (TPSA) is 64.4 Å². The average Bonchev–Trinajstić information content (AvgIpc) is 2.88. The van der Waals surface area contributed by atoms with Crippen LogP contribution in [0.25, 0.3) is 0 Å². The number of amides is 1. The summed E-state index contributed by atoms with van der Waals surface area (Å²) < 4.78 is 6.44. The Morgan fingerprint density at radius 1 is 1.42 bits per heavy atom. The van der Waals surface area contributed by atoms with Crippen molar-refractivity contribution in [1.29, 1.82) is 0 Å². The summed E-state index contributed by atoms with van der Waals surface area (Å²) in [4.78, 5) is 10.8. The van der Waals surface area contributed by atoms with E-state index in [0.717, 1.165) is 16.6 Å². The van der Waals surface area contributed by atoms with Gasteiger partial charge in [-0.2, -0.15) is 0 Å². The van der Waals surface area contributed by atoms with Gasteiger partial charge in [0.15, 0.2) is 6.61 Å². The van der Waals surface area contributed by atoms with Crippen LogP contribution in [0.2, 0.25) is 0 Å². The number of hydrogen-bond donors (Lipinski definition) is 2. The normalized spacial score (nSPS) is 15.6. The van der Waals surface area contributed by atoms with E-state index < -0.39 is 5.91 Å². The van der Waals surface area contributed by atoms with E-state index in [4.69, 9.17) is 10.5 Å². The van der Waals surface area contributed by atoms with Gasteiger partial charge in [-0.25, -0.2) is 0 Å². The molecule has 0 bridgehead atoms. The third-order valence-electron chi connectivity index (χ3n) is 3.33. The molecule has 1 aliphatic carbocycles. The van der Waals surface area contributed by atoms with Crippen LogP contribution in [0.4, 0.5) is 0 Å². The predicted molar refractivity (Wildman–Crippen MR) is 77.9 cm³/mol. The van der Waals surface area contributed by atoms with Gasteiger partial charge in [-0.1, -0.05) is 28.8 Å². The molecule has 0 saturated heterocycles. The van der Waals surface area contributed by atoms with Gasteiger partial charge in [-0.05, 0) is 31.0 Å². The molecule has 104 valence electrons. The molecule has 0 atom stereocenters. The molecule has 0 heterocycles. The number of nitrogens with one attached hydrogen (secondary N) is 1. The molecule has 1 aromatic carbocycles. The van der Waals surface area contributed by atoms with Crippen molar-refractivity contribution in [3.8, 4) is 5.75 Å². The smallest absolute Gasteiger partial charge is 0.255 e. The summed E-state index contributed by atoms with van der Waals surface area (Å²) in [6.45, 7) is 0.663. The van der Waals surface area contributed by atoms with Crippen molar-refractivity contribution < 1.29 is 9.53 Å². The van der Waals surface area contributed by atoms with Gasteiger partial charge in [-0.3, -0.25) is 4.79 Å². The Morgan fingerprint density at radius 2 is 2.16 bits per heavy atom. The standard InChI is InChI=1S/C14H19BrN2O2/c15-11-5-6-13(19-9-14(16)18)10(7-11)8-17-12-3-1-2-4-12/h5-7,12,17H,1-4,8-9H2,(H2,16,18). The van der Waals surface area contributed by atoms with E-state index >= 15 is 0 Å². The summed E-state index contributed by atoms with van der Waals surface area (Å²) >= 11 is 3.45. The molecule has 0 unspecified atom stereocenters. The number of nitrogens with two attached hydrogens (primary N) is 1. The minimum absolute atomic E-state index is 0.0853. The maximum Gasteiger partial charge on any atom is 0.255 e. The number of hydrogen-bond acceptors (Lipinski definition) is 3. The summed E-state index contributed by atoms with van der Waals surface area (Å²) in [6.07, 6.45) is 5.10. The molecule has 1 fully saturated rings. The number of primary amides is 1. The molecule has 0 aromatic heterocycles. The highest BCUT2D eigenvalue weighted by Crippen LogP contribution is 2.24. The van der Waals surface area contributed by atoms with Crippen LogP contribution >= 0.6 is 15.9 Å². The largest absolute Gasteiger partial charge is 0.483 e. The molecule has 3 N–H and O–H groups in total. The van der Waals surface area contributed by atoms with Crippen molar-refractivity contribution in [3.63, 3.8) is 0 Å². The van der Waals surface area contributed by atoms with Gasteiger partial charge < -0.3 is 15.8 Å². The molecule has 1 aliphatic rings. The minimum atomic E-state index is -0.461. The van der Waals surface area contributed by atoms with Crippen LogP contribution < -0.4 is 15.8 Å². The fourth-order valence-corrected chi connectivity index (χ4v) is 2.77. The van der Waals surface area contributed by atoms with Crippen LogP contribution in [0, 0.1) is 0 Å². The Hall–Kier alpha value is -1.07. The molecule has 19 heavy (non-hydrogen) atoms. The van der Waals surface area contributed by atoms with Gasteiger partial charge in [0.25, 0.3) is 5.91 Å². The third kappa shape index (κ3) is 4.51. The first-order valence-corrected chi connectivity index (χ1v) is 7.37. The summed E-state index contributed by atoms with van der Waals surface area (Å²) in [5.41, 5.74) is 6.15. The second kappa shape index (κ2) is 6.91. The number of halogens is 1. The Kier molecular flexibility index (Phi) is 5.22. The first-order valence-electron chi connectivity index (χ1n) is 6.58. The highest BCUT2D eigenvalue weighted by Gasteiger charge is 2.15. The molecule has 0 aliphatic heterocycles. The molecule has 1 amide bonds. The van der Waals surface area contributed by atoms with Gasteiger partial charge in [0.1, 0.15) is 5.75 Å². The minimum Gasteiger partial charge on any atom is -0.483 e. The van der Waals surface area contributed by atoms with Crippen LogP contribution in [-0.2, 0) is 11.3 Å². The number of rotatable bonds is 6. The lowest BCUT2D eigenvalue weighted by atomic mass is 10.1. The molecule has 5 heteroatoms. The quantitative estimate of drug-likeness (QED) is 0.843. The fraction of sp³-hybridized carbons (Fsp3) is 0.500. The number of carbonyl (C=O) groups is 1. The Morgan fingerprint density at radius 3 is 2.84 bits per heavy atom. The molecule has 4 nitrogen and oxygen atoms in total. The predicted octanol–water partition coefficient (Wildman–Crippen LogP) is 2.35. The molecular formula is C14H19BrN2O2. The molecule has 2 rings (SSSR count). The summed E-state index contributed by atoms with van der Waals surface area (Å²) in [5.74, 6) is 0.255. The number of carbonyl (C=O) groups excluding carboxylic acids is 1. The third-order valence-corrected chi connectivity index (χ3v) is 3.82. The molecule has 1 saturated carbocycles. The van der Waals surface area contributed by atoms with Crippen LogP contribution in [0.1, 0.15) is 31.2 Å². The Bertz CT molecular complexity index is 445. The van der Waals surface area contributed by atoms with Crippen LogP contribution in [0.5, 0.6) is 5.75 Å². The van der Waals surface area contributed by atoms with Gasteiger partial charge in [0.05, 0.1) is 0 Å².